The van der Waals surface area contributed by atoms with Gasteiger partial charge in [0.1, 0.15) is 0 Å². The molecule has 0 aromatic heterocycles. The second kappa shape index (κ2) is 3.61. The first-order chi connectivity index (χ1) is 8.31. The third-order valence-electron chi connectivity index (χ3n) is 6.21. The summed E-state index contributed by atoms with van der Waals surface area (Å²) in [6.07, 6.45) is 8.09. The van der Waals surface area contributed by atoms with Gasteiger partial charge in [0.2, 0.25) is 0 Å². The number of aliphatic hydroxyl groups is 1. The maximum absolute atomic E-state index is 10.6. The fraction of sp³-hybridized carbons (Fsp3) is 0.875. The van der Waals surface area contributed by atoms with Crippen molar-refractivity contribution < 1.29 is 9.84 Å². The molecule has 3 rings (SSSR count). The van der Waals surface area contributed by atoms with Gasteiger partial charge in [0.15, 0.2) is 0 Å². The van der Waals surface area contributed by atoms with Crippen LogP contribution >= 0.6 is 0 Å². The van der Waals surface area contributed by atoms with Gasteiger partial charge in [-0.25, -0.2) is 0 Å². The molecule has 6 atom stereocenters. The molecule has 18 heavy (non-hydrogen) atoms. The van der Waals surface area contributed by atoms with Gasteiger partial charge in [-0.2, -0.15) is 0 Å². The van der Waals surface area contributed by atoms with Crippen molar-refractivity contribution in [2.75, 3.05) is 0 Å². The highest BCUT2D eigenvalue weighted by Gasteiger charge is 2.61. The van der Waals surface area contributed by atoms with Crippen molar-refractivity contribution >= 4 is 0 Å². The smallest absolute Gasteiger partial charge is 0.0920 e. The summed E-state index contributed by atoms with van der Waals surface area (Å²) in [5.74, 6) is 1.000. The van der Waals surface area contributed by atoms with Gasteiger partial charge in [0, 0.05) is 0 Å². The van der Waals surface area contributed by atoms with Gasteiger partial charge in [0.05, 0.1) is 17.3 Å². The number of rotatable bonds is 2. The lowest BCUT2D eigenvalue weighted by Crippen LogP contribution is -2.38. The molecular weight excluding hydrogens is 224 g/mol. The lowest BCUT2D eigenvalue weighted by Gasteiger charge is -2.38. The van der Waals surface area contributed by atoms with Gasteiger partial charge in [-0.1, -0.05) is 13.0 Å². The molecule has 2 saturated carbocycles. The molecule has 1 N–H and O–H groups in total. The zero-order chi connectivity index (χ0) is 13.2. The second-order valence-corrected chi connectivity index (χ2v) is 7.50. The third-order valence-corrected chi connectivity index (χ3v) is 6.21. The Labute approximate surface area is 110 Å². The molecular formula is C16H26O2. The molecule has 1 unspecified atom stereocenters. The van der Waals surface area contributed by atoms with E-state index in [0.29, 0.717) is 23.4 Å². The average molecular weight is 250 g/mol. The summed E-state index contributed by atoms with van der Waals surface area (Å²) in [6, 6.07) is 0. The molecule has 0 spiro atoms. The number of fused-ring (bicyclic) bond motifs is 2. The Kier molecular flexibility index (Phi) is 2.54. The van der Waals surface area contributed by atoms with Crippen molar-refractivity contribution in [1.29, 1.82) is 0 Å². The van der Waals surface area contributed by atoms with Crippen LogP contribution in [0.1, 0.15) is 52.9 Å². The van der Waals surface area contributed by atoms with E-state index in [0.717, 1.165) is 12.8 Å². The molecule has 3 aliphatic rings. The number of epoxide rings is 1. The van der Waals surface area contributed by atoms with Gasteiger partial charge in [-0.15, -0.1) is 6.58 Å². The van der Waals surface area contributed by atoms with E-state index in [2.05, 4.69) is 20.4 Å². The highest BCUT2D eigenvalue weighted by Crippen LogP contribution is 2.62. The summed E-state index contributed by atoms with van der Waals surface area (Å²) in [5.41, 5.74) is -0.201. The summed E-state index contributed by atoms with van der Waals surface area (Å²) in [5, 5.41) is 10.6. The maximum Gasteiger partial charge on any atom is 0.0920 e. The van der Waals surface area contributed by atoms with Gasteiger partial charge < -0.3 is 9.84 Å². The topological polar surface area (TPSA) is 32.8 Å². The molecule has 102 valence electrons. The van der Waals surface area contributed by atoms with Gasteiger partial charge >= 0.3 is 0 Å². The number of hydrogen-bond donors (Lipinski definition) is 1. The lowest BCUT2D eigenvalue weighted by atomic mass is 9.70. The standard InChI is InChI=1S/C16H26O2/c1-5-15(3,17)12-6-8-14(2)10-13-16(4,18-13)9-7-11(12)14/h5,11-13,17H,1,6-10H2,2-4H3/t11-,12+,13-,14+,15?,16+/m1/s1. The summed E-state index contributed by atoms with van der Waals surface area (Å²) >= 11 is 0. The van der Waals surface area contributed by atoms with E-state index < -0.39 is 5.60 Å². The van der Waals surface area contributed by atoms with E-state index in [1.54, 1.807) is 6.08 Å². The molecule has 0 radical (unpaired) electrons. The molecule has 2 heteroatoms. The quantitative estimate of drug-likeness (QED) is 0.602. The van der Waals surface area contributed by atoms with Crippen LogP contribution in [0.4, 0.5) is 0 Å². The summed E-state index contributed by atoms with van der Waals surface area (Å²) in [4.78, 5) is 0. The predicted molar refractivity (Wildman–Crippen MR) is 72.3 cm³/mol. The predicted octanol–water partition coefficient (Wildman–Crippen LogP) is 3.30. The van der Waals surface area contributed by atoms with Gasteiger partial charge in [-0.05, 0) is 63.2 Å². The fourth-order valence-corrected chi connectivity index (χ4v) is 4.65. The summed E-state index contributed by atoms with van der Waals surface area (Å²) in [7, 11) is 0. The Balaban J connectivity index is 1.86. The minimum absolute atomic E-state index is 0.151. The summed E-state index contributed by atoms with van der Waals surface area (Å²) in [6.45, 7) is 10.4. The Hall–Kier alpha value is -0.340. The first-order valence-corrected chi connectivity index (χ1v) is 7.35. The van der Waals surface area contributed by atoms with Crippen molar-refractivity contribution in [3.8, 4) is 0 Å². The largest absolute Gasteiger partial charge is 0.386 e. The Bertz CT molecular complexity index is 375. The highest BCUT2D eigenvalue weighted by molar-refractivity contribution is 5.13. The van der Waals surface area contributed by atoms with E-state index >= 15 is 0 Å². The first kappa shape index (κ1) is 12.7. The molecule has 1 aliphatic heterocycles. The van der Waals surface area contributed by atoms with Crippen LogP contribution < -0.4 is 0 Å². The molecule has 0 bridgehead atoms. The Morgan fingerprint density at radius 1 is 1.33 bits per heavy atom. The van der Waals surface area contributed by atoms with Crippen molar-refractivity contribution in [1.82, 2.24) is 0 Å². The monoisotopic (exact) mass is 250 g/mol. The SMILES string of the molecule is C=CC(C)(O)[C@H]1CC[C@@]2(C)C[C@H]3O[C@@]3(C)CC[C@H]12. The Morgan fingerprint density at radius 2 is 2.06 bits per heavy atom. The molecule has 1 saturated heterocycles. The first-order valence-electron chi connectivity index (χ1n) is 7.35. The minimum atomic E-state index is -0.710. The lowest BCUT2D eigenvalue weighted by molar-refractivity contribution is 0.00310. The Morgan fingerprint density at radius 3 is 2.72 bits per heavy atom. The van der Waals surface area contributed by atoms with Gasteiger partial charge in [0.25, 0.3) is 0 Å². The van der Waals surface area contributed by atoms with E-state index in [1.807, 2.05) is 6.92 Å². The molecule has 0 aromatic carbocycles. The zero-order valence-electron chi connectivity index (χ0n) is 11.9. The van der Waals surface area contributed by atoms with E-state index in [1.165, 1.54) is 19.3 Å². The van der Waals surface area contributed by atoms with Crippen molar-refractivity contribution in [2.24, 2.45) is 17.3 Å². The molecule has 2 aliphatic carbocycles. The maximum atomic E-state index is 10.6. The average Bonchev–Trinajstić information content (AvgIpc) is 2.80. The van der Waals surface area contributed by atoms with Crippen LogP contribution in [0.2, 0.25) is 0 Å². The van der Waals surface area contributed by atoms with E-state index in [9.17, 15) is 5.11 Å². The van der Waals surface area contributed by atoms with E-state index in [-0.39, 0.29) is 5.60 Å². The molecule has 0 aromatic rings. The van der Waals surface area contributed by atoms with Gasteiger partial charge in [-0.3, -0.25) is 0 Å². The van der Waals surface area contributed by atoms with Crippen LogP contribution in [-0.4, -0.2) is 22.4 Å². The third kappa shape index (κ3) is 1.69. The molecule has 0 amide bonds. The number of ether oxygens (including phenoxy) is 1. The van der Waals surface area contributed by atoms with Crippen LogP contribution in [0, 0.1) is 17.3 Å². The summed E-state index contributed by atoms with van der Waals surface area (Å²) < 4.78 is 5.88. The fourth-order valence-electron chi connectivity index (χ4n) is 4.65. The molecule has 3 fully saturated rings. The van der Waals surface area contributed by atoms with Crippen LogP contribution in [0.15, 0.2) is 12.7 Å². The van der Waals surface area contributed by atoms with Crippen LogP contribution in [-0.2, 0) is 4.74 Å². The van der Waals surface area contributed by atoms with Crippen LogP contribution in [0.5, 0.6) is 0 Å². The molecule has 2 nitrogen and oxygen atoms in total. The van der Waals surface area contributed by atoms with E-state index in [4.69, 9.17) is 4.74 Å². The van der Waals surface area contributed by atoms with Crippen molar-refractivity contribution in [3.05, 3.63) is 12.7 Å². The highest BCUT2D eigenvalue weighted by atomic mass is 16.6. The minimum Gasteiger partial charge on any atom is -0.386 e. The zero-order valence-corrected chi connectivity index (χ0v) is 11.9. The second-order valence-electron chi connectivity index (χ2n) is 7.50. The number of hydrogen-bond acceptors (Lipinski definition) is 2. The molecule has 1 heterocycles. The van der Waals surface area contributed by atoms with Crippen molar-refractivity contribution in [2.45, 2.75) is 70.2 Å². The van der Waals surface area contributed by atoms with Crippen molar-refractivity contribution in [3.63, 3.8) is 0 Å². The normalized spacial score (nSPS) is 53.9. The van der Waals surface area contributed by atoms with Crippen LogP contribution in [0.25, 0.3) is 0 Å². The van der Waals surface area contributed by atoms with Crippen LogP contribution in [0.3, 0.4) is 0 Å².